The van der Waals surface area contributed by atoms with Crippen LogP contribution >= 0.6 is 0 Å². The molecule has 0 saturated carbocycles. The third kappa shape index (κ3) is 2.93. The average Bonchev–Trinajstić information content (AvgIpc) is 2.57. The molecule has 0 aliphatic rings. The van der Waals surface area contributed by atoms with Crippen LogP contribution in [0.5, 0.6) is 0 Å². The molecule has 0 bridgehead atoms. The summed E-state index contributed by atoms with van der Waals surface area (Å²) in [7, 11) is 0. The van der Waals surface area contributed by atoms with Gasteiger partial charge in [-0.15, -0.1) is 0 Å². The standard InChI is InChI=1S/C19H19GeN/c1-20(2,17-11-7-4-8-12-17)18-13-14-21-19(15-18)16-9-5-3-6-10-16/h3-15H,1-2H3. The van der Waals surface area contributed by atoms with Crippen LogP contribution in [0.1, 0.15) is 0 Å². The van der Waals surface area contributed by atoms with E-state index in [1.807, 2.05) is 12.3 Å². The zero-order valence-corrected chi connectivity index (χ0v) is 14.6. The molecule has 0 fully saturated rings. The van der Waals surface area contributed by atoms with Crippen LogP contribution < -0.4 is 8.79 Å². The van der Waals surface area contributed by atoms with Gasteiger partial charge in [0.1, 0.15) is 0 Å². The van der Waals surface area contributed by atoms with Gasteiger partial charge < -0.3 is 0 Å². The predicted molar refractivity (Wildman–Crippen MR) is 92.9 cm³/mol. The molecule has 0 radical (unpaired) electrons. The molecule has 0 saturated heterocycles. The third-order valence-corrected chi connectivity index (χ3v) is 11.5. The van der Waals surface area contributed by atoms with Crippen molar-refractivity contribution in [3.63, 3.8) is 0 Å². The van der Waals surface area contributed by atoms with Crippen LogP contribution in [0, 0.1) is 0 Å². The van der Waals surface area contributed by atoms with E-state index in [1.165, 1.54) is 14.4 Å². The molecule has 21 heavy (non-hydrogen) atoms. The van der Waals surface area contributed by atoms with Crippen LogP contribution in [-0.2, 0) is 0 Å². The molecule has 3 rings (SSSR count). The number of pyridine rings is 1. The number of rotatable bonds is 3. The van der Waals surface area contributed by atoms with E-state index in [0.717, 1.165) is 5.69 Å². The first-order valence-corrected chi connectivity index (χ1v) is 13.5. The molecule has 0 amide bonds. The Morgan fingerprint density at radius 3 is 2.00 bits per heavy atom. The van der Waals surface area contributed by atoms with E-state index in [2.05, 4.69) is 83.2 Å². The van der Waals surface area contributed by atoms with Crippen molar-refractivity contribution >= 4 is 22.1 Å². The van der Waals surface area contributed by atoms with E-state index in [0.29, 0.717) is 0 Å². The molecule has 0 N–H and O–H groups in total. The Bertz CT molecular complexity index is 721. The molecule has 0 aliphatic carbocycles. The van der Waals surface area contributed by atoms with Crippen molar-refractivity contribution in [3.05, 3.63) is 79.0 Å². The number of nitrogens with zero attached hydrogens (tertiary/aromatic N) is 1. The maximum atomic E-state index is 4.55. The average molecular weight is 334 g/mol. The zero-order chi connectivity index (χ0) is 14.7. The molecular formula is C19H19GeN. The van der Waals surface area contributed by atoms with Gasteiger partial charge in [0.15, 0.2) is 0 Å². The van der Waals surface area contributed by atoms with E-state index in [4.69, 9.17) is 0 Å². The summed E-state index contributed by atoms with van der Waals surface area (Å²) < 4.78 is 2.97. The van der Waals surface area contributed by atoms with Crippen LogP contribution in [0.25, 0.3) is 11.3 Å². The Hall–Kier alpha value is -1.87. The van der Waals surface area contributed by atoms with Gasteiger partial charge in [0, 0.05) is 0 Å². The normalized spacial score (nSPS) is 11.3. The van der Waals surface area contributed by atoms with Crippen molar-refractivity contribution in [2.24, 2.45) is 0 Å². The second-order valence-corrected chi connectivity index (χ2v) is 15.0. The topological polar surface area (TPSA) is 12.9 Å². The molecule has 0 spiro atoms. The van der Waals surface area contributed by atoms with Gasteiger partial charge in [0.05, 0.1) is 0 Å². The Kier molecular flexibility index (Phi) is 3.93. The first-order valence-electron chi connectivity index (χ1n) is 7.25. The Morgan fingerprint density at radius 2 is 1.33 bits per heavy atom. The van der Waals surface area contributed by atoms with Crippen LogP contribution in [0.4, 0.5) is 0 Å². The molecule has 0 unspecified atom stereocenters. The SMILES string of the molecule is [CH3][Ge]([CH3])([c]1ccccc1)[c]1ccnc(-c2ccccc2)c1. The van der Waals surface area contributed by atoms with Gasteiger partial charge >= 0.3 is 129 Å². The molecular weight excluding hydrogens is 315 g/mol. The molecule has 1 nitrogen and oxygen atoms in total. The predicted octanol–water partition coefficient (Wildman–Crippen LogP) is 3.57. The van der Waals surface area contributed by atoms with Gasteiger partial charge in [0.25, 0.3) is 0 Å². The Labute approximate surface area is 129 Å². The summed E-state index contributed by atoms with van der Waals surface area (Å²) in [6.45, 7) is 0. The van der Waals surface area contributed by atoms with Crippen LogP contribution in [0.2, 0.25) is 11.5 Å². The summed E-state index contributed by atoms with van der Waals surface area (Å²) in [6.07, 6.45) is 1.95. The zero-order valence-electron chi connectivity index (χ0n) is 12.5. The molecule has 1 aromatic heterocycles. The maximum absolute atomic E-state index is 4.55. The van der Waals surface area contributed by atoms with Crippen LogP contribution in [-0.4, -0.2) is 18.3 Å². The van der Waals surface area contributed by atoms with Gasteiger partial charge in [-0.3, -0.25) is 0 Å². The van der Waals surface area contributed by atoms with Crippen molar-refractivity contribution in [1.29, 1.82) is 0 Å². The molecule has 2 heteroatoms. The van der Waals surface area contributed by atoms with E-state index in [9.17, 15) is 0 Å². The Balaban J connectivity index is 2.04. The van der Waals surface area contributed by atoms with E-state index in [1.54, 1.807) is 0 Å². The Morgan fingerprint density at radius 1 is 0.714 bits per heavy atom. The van der Waals surface area contributed by atoms with Crippen LogP contribution in [0.15, 0.2) is 79.0 Å². The first-order chi connectivity index (χ1) is 10.2. The fourth-order valence-corrected chi connectivity index (χ4v) is 7.53. The summed E-state index contributed by atoms with van der Waals surface area (Å²) in [5.74, 6) is 4.89. The van der Waals surface area contributed by atoms with Crippen LogP contribution in [0.3, 0.4) is 0 Å². The molecule has 3 aromatic rings. The summed E-state index contributed by atoms with van der Waals surface area (Å²) in [4.78, 5) is 4.55. The van der Waals surface area contributed by atoms with Crippen molar-refractivity contribution in [2.45, 2.75) is 11.5 Å². The fraction of sp³-hybridized carbons (Fsp3) is 0.105. The van der Waals surface area contributed by atoms with Gasteiger partial charge in [0.2, 0.25) is 0 Å². The minimum absolute atomic E-state index is 1.07. The molecule has 104 valence electrons. The second-order valence-electron chi connectivity index (χ2n) is 5.79. The molecule has 2 aromatic carbocycles. The second kappa shape index (κ2) is 5.86. The number of aromatic nitrogens is 1. The summed E-state index contributed by atoms with van der Waals surface area (Å²) in [5, 5.41) is 0. The molecule has 1 heterocycles. The number of hydrogen-bond donors (Lipinski definition) is 0. The number of hydrogen-bond acceptors (Lipinski definition) is 1. The number of benzene rings is 2. The van der Waals surface area contributed by atoms with Gasteiger partial charge in [-0.2, -0.15) is 0 Å². The van der Waals surface area contributed by atoms with Gasteiger partial charge in [-0.05, 0) is 0 Å². The molecule has 0 aliphatic heterocycles. The van der Waals surface area contributed by atoms with E-state index >= 15 is 0 Å². The minimum atomic E-state index is -2.23. The first kappa shape index (κ1) is 14.1. The quantitative estimate of drug-likeness (QED) is 0.668. The van der Waals surface area contributed by atoms with Crippen molar-refractivity contribution < 1.29 is 0 Å². The monoisotopic (exact) mass is 335 g/mol. The summed E-state index contributed by atoms with van der Waals surface area (Å²) in [5.41, 5.74) is 2.26. The summed E-state index contributed by atoms with van der Waals surface area (Å²) in [6, 6.07) is 25.8. The van der Waals surface area contributed by atoms with Crippen molar-refractivity contribution in [1.82, 2.24) is 4.98 Å². The van der Waals surface area contributed by atoms with Gasteiger partial charge in [-0.1, -0.05) is 0 Å². The van der Waals surface area contributed by atoms with Gasteiger partial charge in [-0.25, -0.2) is 0 Å². The van der Waals surface area contributed by atoms with E-state index < -0.39 is 13.3 Å². The van der Waals surface area contributed by atoms with Crippen molar-refractivity contribution in [3.8, 4) is 11.3 Å². The fourth-order valence-electron chi connectivity index (χ4n) is 2.61. The van der Waals surface area contributed by atoms with E-state index in [-0.39, 0.29) is 0 Å². The molecule has 0 atom stereocenters. The third-order valence-electron chi connectivity index (χ3n) is 4.05. The summed E-state index contributed by atoms with van der Waals surface area (Å²) >= 11 is -2.23. The van der Waals surface area contributed by atoms with Crippen molar-refractivity contribution in [2.75, 3.05) is 0 Å².